The standard InChI is InChI=1S/C23H22N4O6S/c1-17(18-8-10-20(11-9-18)27(29)30)24-25-23(28)16-26(34(2,31)32)19-12-14-22(15-13-19)33-21-6-4-3-5-7-21/h3-15H,16H2,1-2H3,(H,25,28)/b24-17-. The fourth-order valence-corrected chi connectivity index (χ4v) is 3.76. The lowest BCUT2D eigenvalue weighted by Gasteiger charge is -2.21. The average Bonchev–Trinajstić information content (AvgIpc) is 2.81. The second kappa shape index (κ2) is 10.6. The minimum absolute atomic E-state index is 0.0652. The molecule has 34 heavy (non-hydrogen) atoms. The van der Waals surface area contributed by atoms with Crippen LogP contribution in [0.1, 0.15) is 12.5 Å². The quantitative estimate of drug-likeness (QED) is 0.281. The van der Waals surface area contributed by atoms with Gasteiger partial charge in [0, 0.05) is 12.1 Å². The topological polar surface area (TPSA) is 131 Å². The Morgan fingerprint density at radius 1 is 1.00 bits per heavy atom. The van der Waals surface area contributed by atoms with Crippen LogP contribution in [0.25, 0.3) is 0 Å². The first-order valence-electron chi connectivity index (χ1n) is 10.0. The van der Waals surface area contributed by atoms with Crippen molar-refractivity contribution in [2.24, 2.45) is 5.10 Å². The van der Waals surface area contributed by atoms with Gasteiger partial charge in [0.05, 0.1) is 22.6 Å². The van der Waals surface area contributed by atoms with Crippen molar-refractivity contribution in [3.8, 4) is 11.5 Å². The normalized spacial score (nSPS) is 11.5. The molecule has 0 heterocycles. The fraction of sp³-hybridized carbons (Fsp3) is 0.130. The van der Waals surface area contributed by atoms with Crippen LogP contribution in [0.4, 0.5) is 11.4 Å². The van der Waals surface area contributed by atoms with Gasteiger partial charge in [-0.25, -0.2) is 13.8 Å². The van der Waals surface area contributed by atoms with Crippen LogP contribution in [0.3, 0.4) is 0 Å². The molecule has 0 radical (unpaired) electrons. The number of sulfonamides is 1. The van der Waals surface area contributed by atoms with E-state index >= 15 is 0 Å². The average molecular weight is 483 g/mol. The number of nitro benzene ring substituents is 1. The largest absolute Gasteiger partial charge is 0.457 e. The lowest BCUT2D eigenvalue weighted by atomic mass is 10.1. The summed E-state index contributed by atoms with van der Waals surface area (Å²) in [5, 5.41) is 14.7. The second-order valence-corrected chi connectivity index (χ2v) is 9.12. The summed E-state index contributed by atoms with van der Waals surface area (Å²) in [5.74, 6) is 0.489. The summed E-state index contributed by atoms with van der Waals surface area (Å²) in [6.45, 7) is 1.12. The molecule has 0 saturated carbocycles. The van der Waals surface area contributed by atoms with Crippen LogP contribution >= 0.6 is 0 Å². The summed E-state index contributed by atoms with van der Waals surface area (Å²) in [5.41, 5.74) is 3.51. The minimum Gasteiger partial charge on any atom is -0.457 e. The Hall–Kier alpha value is -4.25. The smallest absolute Gasteiger partial charge is 0.269 e. The van der Waals surface area contributed by atoms with E-state index in [0.29, 0.717) is 22.8 Å². The molecule has 11 heteroatoms. The van der Waals surface area contributed by atoms with Crippen LogP contribution in [-0.2, 0) is 14.8 Å². The highest BCUT2D eigenvalue weighted by Crippen LogP contribution is 2.25. The fourth-order valence-electron chi connectivity index (χ4n) is 2.91. The van der Waals surface area contributed by atoms with E-state index in [1.165, 1.54) is 36.4 Å². The molecule has 3 aromatic carbocycles. The van der Waals surface area contributed by atoms with Crippen molar-refractivity contribution in [1.29, 1.82) is 0 Å². The molecule has 1 N–H and O–H groups in total. The van der Waals surface area contributed by atoms with Crippen molar-refractivity contribution in [2.75, 3.05) is 17.1 Å². The van der Waals surface area contributed by atoms with Crippen molar-refractivity contribution in [2.45, 2.75) is 6.92 Å². The number of anilines is 1. The number of ether oxygens (including phenoxy) is 1. The van der Waals surface area contributed by atoms with Crippen molar-refractivity contribution >= 4 is 33.0 Å². The minimum atomic E-state index is -3.77. The molecule has 176 valence electrons. The summed E-state index contributed by atoms with van der Waals surface area (Å²) in [6, 6.07) is 21.1. The molecule has 3 rings (SSSR count). The molecule has 0 atom stereocenters. The third-order valence-corrected chi connectivity index (χ3v) is 5.78. The molecule has 3 aromatic rings. The molecule has 0 aliphatic carbocycles. The van der Waals surface area contributed by atoms with Crippen molar-refractivity contribution in [1.82, 2.24) is 5.43 Å². The Morgan fingerprint density at radius 2 is 1.59 bits per heavy atom. The van der Waals surface area contributed by atoms with Crippen molar-refractivity contribution in [3.63, 3.8) is 0 Å². The molecule has 0 spiro atoms. The van der Waals surface area contributed by atoms with E-state index in [1.807, 2.05) is 18.2 Å². The highest BCUT2D eigenvalue weighted by Gasteiger charge is 2.21. The molecule has 0 aliphatic rings. The highest BCUT2D eigenvalue weighted by molar-refractivity contribution is 7.92. The number of hydrogen-bond donors (Lipinski definition) is 1. The number of para-hydroxylation sites is 1. The van der Waals surface area contributed by atoms with E-state index in [9.17, 15) is 23.3 Å². The first-order valence-corrected chi connectivity index (χ1v) is 11.9. The Labute approximate surface area is 196 Å². The second-order valence-electron chi connectivity index (χ2n) is 7.21. The number of non-ortho nitro benzene ring substituents is 1. The molecular formula is C23H22N4O6S. The molecule has 0 bridgehead atoms. The first kappa shape index (κ1) is 24.4. The third kappa shape index (κ3) is 6.62. The zero-order valence-electron chi connectivity index (χ0n) is 18.4. The SMILES string of the molecule is C/C(=N/NC(=O)CN(c1ccc(Oc2ccccc2)cc1)S(C)(=O)=O)c1ccc([N+](=O)[O-])cc1. The van der Waals surface area contributed by atoms with Gasteiger partial charge in [0.15, 0.2) is 0 Å². The van der Waals surface area contributed by atoms with Crippen LogP contribution in [-0.4, -0.2) is 37.8 Å². The zero-order valence-corrected chi connectivity index (χ0v) is 19.2. The Kier molecular flexibility index (Phi) is 7.59. The molecule has 0 unspecified atom stereocenters. The lowest BCUT2D eigenvalue weighted by Crippen LogP contribution is -2.39. The Bertz CT molecular complexity index is 1290. The van der Waals surface area contributed by atoms with Gasteiger partial charge in [0.2, 0.25) is 10.0 Å². The van der Waals surface area contributed by atoms with Crippen LogP contribution in [0, 0.1) is 10.1 Å². The van der Waals surface area contributed by atoms with Gasteiger partial charge in [0.1, 0.15) is 18.0 Å². The molecule has 0 saturated heterocycles. The molecule has 0 fully saturated rings. The van der Waals surface area contributed by atoms with Gasteiger partial charge in [-0.2, -0.15) is 5.10 Å². The number of hydrogen-bond acceptors (Lipinski definition) is 7. The van der Waals surface area contributed by atoms with Gasteiger partial charge in [0.25, 0.3) is 11.6 Å². The number of nitrogens with one attached hydrogen (secondary N) is 1. The van der Waals surface area contributed by atoms with Gasteiger partial charge >= 0.3 is 0 Å². The Balaban J connectivity index is 1.68. The van der Waals surface area contributed by atoms with Gasteiger partial charge in [-0.3, -0.25) is 19.2 Å². The number of hydrazone groups is 1. The van der Waals surface area contributed by atoms with E-state index < -0.39 is 27.4 Å². The maximum Gasteiger partial charge on any atom is 0.269 e. The van der Waals surface area contributed by atoms with Gasteiger partial charge < -0.3 is 4.74 Å². The number of benzene rings is 3. The lowest BCUT2D eigenvalue weighted by molar-refractivity contribution is -0.384. The number of nitro groups is 1. The maximum absolute atomic E-state index is 12.4. The number of rotatable bonds is 9. The highest BCUT2D eigenvalue weighted by atomic mass is 32.2. The van der Waals surface area contributed by atoms with E-state index in [0.717, 1.165) is 10.6 Å². The summed E-state index contributed by atoms with van der Waals surface area (Å²) in [7, 11) is -3.77. The first-order chi connectivity index (χ1) is 16.1. The monoisotopic (exact) mass is 482 g/mol. The van der Waals surface area contributed by atoms with E-state index in [-0.39, 0.29) is 11.4 Å². The summed E-state index contributed by atoms with van der Waals surface area (Å²) < 4.78 is 31.3. The number of carbonyl (C=O) groups is 1. The van der Waals surface area contributed by atoms with Crippen LogP contribution in [0.15, 0.2) is 84.0 Å². The zero-order chi connectivity index (χ0) is 24.7. The Morgan fingerprint density at radius 3 is 2.15 bits per heavy atom. The number of amides is 1. The summed E-state index contributed by atoms with van der Waals surface area (Å²) in [4.78, 5) is 22.7. The molecular weight excluding hydrogens is 460 g/mol. The molecule has 0 aromatic heterocycles. The van der Waals surface area contributed by atoms with Gasteiger partial charge in [-0.1, -0.05) is 18.2 Å². The van der Waals surface area contributed by atoms with Crippen LogP contribution < -0.4 is 14.5 Å². The summed E-state index contributed by atoms with van der Waals surface area (Å²) >= 11 is 0. The molecule has 1 amide bonds. The van der Waals surface area contributed by atoms with Gasteiger partial charge in [-0.05, 0) is 61.0 Å². The predicted molar refractivity (Wildman–Crippen MR) is 129 cm³/mol. The van der Waals surface area contributed by atoms with Crippen molar-refractivity contribution in [3.05, 3.63) is 94.5 Å². The van der Waals surface area contributed by atoms with Crippen LogP contribution in [0.5, 0.6) is 11.5 Å². The van der Waals surface area contributed by atoms with Crippen molar-refractivity contribution < 1.29 is 22.9 Å². The number of nitrogens with zero attached hydrogens (tertiary/aromatic N) is 3. The predicted octanol–water partition coefficient (Wildman–Crippen LogP) is 3.69. The third-order valence-electron chi connectivity index (χ3n) is 4.64. The van der Waals surface area contributed by atoms with E-state index in [4.69, 9.17) is 4.74 Å². The van der Waals surface area contributed by atoms with E-state index in [2.05, 4.69) is 10.5 Å². The van der Waals surface area contributed by atoms with E-state index in [1.54, 1.807) is 31.2 Å². The number of carbonyl (C=O) groups excluding carboxylic acids is 1. The van der Waals surface area contributed by atoms with Gasteiger partial charge in [-0.15, -0.1) is 0 Å². The molecule has 0 aliphatic heterocycles. The summed E-state index contributed by atoms with van der Waals surface area (Å²) in [6.07, 6.45) is 1.00. The molecule has 10 nitrogen and oxygen atoms in total. The van der Waals surface area contributed by atoms with Crippen LogP contribution in [0.2, 0.25) is 0 Å². The maximum atomic E-state index is 12.4.